The van der Waals surface area contributed by atoms with E-state index < -0.39 is 19.2 Å². The molecule has 0 radical (unpaired) electrons. The Morgan fingerprint density at radius 2 is 1.28 bits per heavy atom. The van der Waals surface area contributed by atoms with Gasteiger partial charge in [0.2, 0.25) is 0 Å². The van der Waals surface area contributed by atoms with Gasteiger partial charge in [0, 0.05) is 0 Å². The SMILES string of the molecule is CCCCCCCCCCOC(=O)C(CCCCCC)P(=O)(O)O.[NaH]. The van der Waals surface area contributed by atoms with E-state index in [0.717, 1.165) is 38.5 Å². The molecule has 1 atom stereocenters. The maximum atomic E-state index is 11.9. The monoisotopic (exact) mass is 388 g/mol. The van der Waals surface area contributed by atoms with Gasteiger partial charge in [-0.15, -0.1) is 0 Å². The molecule has 0 saturated carbocycles. The quantitative estimate of drug-likeness (QED) is 0.176. The predicted octanol–water partition coefficient (Wildman–Crippen LogP) is 4.54. The first-order valence-corrected chi connectivity index (χ1v) is 11.3. The van der Waals surface area contributed by atoms with Gasteiger partial charge in [-0.05, 0) is 12.8 Å². The van der Waals surface area contributed by atoms with Crippen molar-refractivity contribution in [2.24, 2.45) is 0 Å². The van der Waals surface area contributed by atoms with E-state index in [0.29, 0.717) is 6.42 Å². The molecular formula is C18H38NaO5P. The summed E-state index contributed by atoms with van der Waals surface area (Å²) in [4.78, 5) is 30.7. The van der Waals surface area contributed by atoms with Crippen LogP contribution in [0.1, 0.15) is 97.3 Å². The topological polar surface area (TPSA) is 83.8 Å². The average molecular weight is 388 g/mol. The van der Waals surface area contributed by atoms with E-state index in [1.54, 1.807) is 0 Å². The number of ether oxygens (including phenoxy) is 1. The Bertz CT molecular complexity index is 359. The van der Waals surface area contributed by atoms with E-state index in [9.17, 15) is 19.1 Å². The van der Waals surface area contributed by atoms with Gasteiger partial charge in [-0.2, -0.15) is 0 Å². The van der Waals surface area contributed by atoms with E-state index in [1.165, 1.54) is 32.1 Å². The Hall–Kier alpha value is 0.620. The molecule has 2 N–H and O–H groups in total. The van der Waals surface area contributed by atoms with Crippen LogP contribution in [0.25, 0.3) is 0 Å². The van der Waals surface area contributed by atoms with E-state index in [4.69, 9.17) is 4.74 Å². The molecule has 0 rings (SSSR count). The fourth-order valence-corrected chi connectivity index (χ4v) is 3.56. The fourth-order valence-electron chi connectivity index (χ4n) is 2.69. The Kier molecular flexibility index (Phi) is 20.0. The van der Waals surface area contributed by atoms with Crippen LogP contribution in [0.15, 0.2) is 0 Å². The molecule has 146 valence electrons. The third-order valence-electron chi connectivity index (χ3n) is 4.25. The molecule has 0 heterocycles. The summed E-state index contributed by atoms with van der Waals surface area (Å²) < 4.78 is 16.6. The molecule has 25 heavy (non-hydrogen) atoms. The summed E-state index contributed by atoms with van der Waals surface area (Å²) in [7, 11) is -4.43. The van der Waals surface area contributed by atoms with Gasteiger partial charge < -0.3 is 14.5 Å². The van der Waals surface area contributed by atoms with Crippen LogP contribution >= 0.6 is 7.60 Å². The van der Waals surface area contributed by atoms with Crippen molar-refractivity contribution in [3.05, 3.63) is 0 Å². The molecule has 0 aromatic carbocycles. The third kappa shape index (κ3) is 16.5. The summed E-state index contributed by atoms with van der Waals surface area (Å²) in [6, 6.07) is 0. The number of carbonyl (C=O) groups excluding carboxylic acids is 1. The number of rotatable bonds is 16. The van der Waals surface area contributed by atoms with Crippen molar-refractivity contribution >= 4 is 43.1 Å². The van der Waals surface area contributed by atoms with Crippen LogP contribution in [-0.2, 0) is 14.1 Å². The minimum atomic E-state index is -4.43. The van der Waals surface area contributed by atoms with Gasteiger partial charge in [0.05, 0.1) is 6.61 Å². The van der Waals surface area contributed by atoms with Crippen LogP contribution in [-0.4, -0.2) is 57.6 Å². The second-order valence-corrected chi connectivity index (χ2v) is 8.40. The minimum absolute atomic E-state index is 0. The van der Waals surface area contributed by atoms with Crippen molar-refractivity contribution in [1.82, 2.24) is 0 Å². The second kappa shape index (κ2) is 18.0. The van der Waals surface area contributed by atoms with Gasteiger partial charge in [-0.1, -0.05) is 84.5 Å². The number of hydrogen-bond acceptors (Lipinski definition) is 3. The summed E-state index contributed by atoms with van der Waals surface area (Å²) >= 11 is 0. The molecule has 0 aromatic rings. The van der Waals surface area contributed by atoms with Crippen molar-refractivity contribution in [3.63, 3.8) is 0 Å². The number of hydrogen-bond donors (Lipinski definition) is 2. The first-order valence-electron chi connectivity index (χ1n) is 9.65. The normalized spacial score (nSPS) is 12.5. The fraction of sp³-hybridized carbons (Fsp3) is 0.944. The number of carbonyl (C=O) groups is 1. The Labute approximate surface area is 176 Å². The molecule has 1 unspecified atom stereocenters. The Morgan fingerprint density at radius 3 is 1.76 bits per heavy atom. The zero-order valence-electron chi connectivity index (χ0n) is 15.5. The van der Waals surface area contributed by atoms with Gasteiger partial charge in [0.1, 0.15) is 0 Å². The van der Waals surface area contributed by atoms with Crippen LogP contribution in [0.5, 0.6) is 0 Å². The summed E-state index contributed by atoms with van der Waals surface area (Å²) in [5.74, 6) is -0.734. The molecule has 0 aliphatic carbocycles. The molecule has 0 aliphatic heterocycles. The van der Waals surface area contributed by atoms with E-state index in [1.807, 2.05) is 0 Å². The van der Waals surface area contributed by atoms with Crippen molar-refractivity contribution in [2.75, 3.05) is 6.61 Å². The van der Waals surface area contributed by atoms with Crippen molar-refractivity contribution in [3.8, 4) is 0 Å². The molecule has 0 spiro atoms. The second-order valence-electron chi connectivity index (χ2n) is 6.60. The molecule has 0 fully saturated rings. The summed E-state index contributed by atoms with van der Waals surface area (Å²) in [5, 5.41) is 0. The summed E-state index contributed by atoms with van der Waals surface area (Å²) in [6.07, 6.45) is 13.0. The summed E-state index contributed by atoms with van der Waals surface area (Å²) in [6.45, 7) is 4.53. The third-order valence-corrected chi connectivity index (χ3v) is 5.53. The zero-order chi connectivity index (χ0) is 18.3. The van der Waals surface area contributed by atoms with E-state index in [-0.39, 0.29) is 42.6 Å². The van der Waals surface area contributed by atoms with Crippen molar-refractivity contribution in [1.29, 1.82) is 0 Å². The molecule has 0 amide bonds. The average Bonchev–Trinajstić information content (AvgIpc) is 2.51. The van der Waals surface area contributed by atoms with Crippen molar-refractivity contribution < 1.29 is 23.9 Å². The number of esters is 1. The van der Waals surface area contributed by atoms with Crippen LogP contribution in [0, 0.1) is 0 Å². The van der Waals surface area contributed by atoms with E-state index >= 15 is 0 Å². The van der Waals surface area contributed by atoms with Crippen LogP contribution in [0.2, 0.25) is 0 Å². The standard InChI is InChI=1S/C18H37O5P.Na.H/c1-3-5-7-9-10-11-12-14-16-23-18(19)17(24(20,21)22)15-13-8-6-4-2;;/h17H,3-16H2,1-2H3,(H2,20,21,22);;. The van der Waals surface area contributed by atoms with Gasteiger partial charge in [0.15, 0.2) is 5.66 Å². The van der Waals surface area contributed by atoms with Gasteiger partial charge in [-0.3, -0.25) is 9.36 Å². The number of unbranched alkanes of at least 4 members (excludes halogenated alkanes) is 10. The Morgan fingerprint density at radius 1 is 0.840 bits per heavy atom. The first-order chi connectivity index (χ1) is 11.4. The molecule has 5 nitrogen and oxygen atoms in total. The Balaban J connectivity index is 0. The van der Waals surface area contributed by atoms with Crippen molar-refractivity contribution in [2.45, 2.75) is 103 Å². The van der Waals surface area contributed by atoms with Crippen LogP contribution in [0.4, 0.5) is 0 Å². The zero-order valence-corrected chi connectivity index (χ0v) is 16.4. The first kappa shape index (κ1) is 27.8. The molecule has 0 bridgehead atoms. The molecule has 0 aromatic heterocycles. The van der Waals surface area contributed by atoms with E-state index in [2.05, 4.69) is 13.8 Å². The van der Waals surface area contributed by atoms with Gasteiger partial charge >= 0.3 is 43.1 Å². The summed E-state index contributed by atoms with van der Waals surface area (Å²) in [5.41, 5.74) is -1.29. The molecule has 7 heteroatoms. The van der Waals surface area contributed by atoms with Gasteiger partial charge in [0.25, 0.3) is 0 Å². The van der Waals surface area contributed by atoms with Crippen LogP contribution in [0.3, 0.4) is 0 Å². The molecule has 0 saturated heterocycles. The molecular weight excluding hydrogens is 350 g/mol. The van der Waals surface area contributed by atoms with Crippen LogP contribution < -0.4 is 0 Å². The molecule has 0 aliphatic rings. The maximum absolute atomic E-state index is 11.9. The predicted molar refractivity (Wildman–Crippen MR) is 105 cm³/mol. The van der Waals surface area contributed by atoms with Gasteiger partial charge in [-0.25, -0.2) is 0 Å².